The molecule has 1 aliphatic heterocycles. The van der Waals surface area contributed by atoms with Gasteiger partial charge in [-0.05, 0) is 24.1 Å². The molecule has 0 saturated carbocycles. The molecule has 0 N–H and O–H groups in total. The zero-order valence-corrected chi connectivity index (χ0v) is 12.0. The van der Waals surface area contributed by atoms with Crippen LogP contribution in [-0.4, -0.2) is 19.6 Å². The summed E-state index contributed by atoms with van der Waals surface area (Å²) in [7, 11) is 2.02. The van der Waals surface area contributed by atoms with Crippen LogP contribution in [0.5, 0.6) is 0 Å². The molecule has 2 aliphatic rings. The molecule has 106 valence electrons. The molecule has 3 heteroatoms. The van der Waals surface area contributed by atoms with E-state index in [0.29, 0.717) is 5.57 Å². The molecular weight excluding hydrogens is 262 g/mol. The molecule has 3 nitrogen and oxygen atoms in total. The average molecular weight is 279 g/mol. The Morgan fingerprint density at radius 1 is 1.43 bits per heavy atom. The second-order valence-corrected chi connectivity index (χ2v) is 5.00. The summed E-state index contributed by atoms with van der Waals surface area (Å²) >= 11 is 0. The first-order valence-electron chi connectivity index (χ1n) is 6.95. The van der Waals surface area contributed by atoms with Crippen LogP contribution in [0.2, 0.25) is 0 Å². The van der Waals surface area contributed by atoms with E-state index < -0.39 is 0 Å². The van der Waals surface area contributed by atoms with Gasteiger partial charge in [-0.15, -0.1) is 0 Å². The molecule has 0 radical (unpaired) electrons. The van der Waals surface area contributed by atoms with E-state index in [1.54, 1.807) is 6.08 Å². The summed E-state index contributed by atoms with van der Waals surface area (Å²) < 4.78 is 5.29. The van der Waals surface area contributed by atoms with Gasteiger partial charge in [0.15, 0.2) is 0 Å². The Balaban J connectivity index is 2.17. The van der Waals surface area contributed by atoms with Crippen molar-refractivity contribution in [1.82, 2.24) is 0 Å². The quantitative estimate of drug-likeness (QED) is 0.627. The number of nitrogens with zero attached hydrogens (tertiary/aromatic N) is 1. The number of likely N-dealkylation sites (N-methyl/N-ethyl adjacent to an activating group) is 1. The molecular formula is C18H17NO2. The smallest absolute Gasteiger partial charge is 0.339 e. The number of carbonyl (C=O) groups excluding carboxylic acids is 1. The number of allylic oxidation sites excluding steroid dienone is 4. The minimum absolute atomic E-state index is 0.225. The van der Waals surface area contributed by atoms with Crippen LogP contribution in [0.4, 0.5) is 5.69 Å². The Hall–Kier alpha value is -2.55. The van der Waals surface area contributed by atoms with E-state index in [4.69, 9.17) is 4.74 Å². The van der Waals surface area contributed by atoms with Gasteiger partial charge >= 0.3 is 5.97 Å². The first-order valence-corrected chi connectivity index (χ1v) is 6.95. The maximum atomic E-state index is 12.5. The standard InChI is InChI=1S/C18H17NO2/c1-3-12-21-18(20)17-13-8-4-6-10-15(13)19(2)16-11-7-5-9-14(16)17/h3-8,10-11H,1,9,12H2,2H3. The molecule has 0 aromatic heterocycles. The zero-order valence-electron chi connectivity index (χ0n) is 12.0. The molecule has 0 amide bonds. The molecule has 0 atom stereocenters. The fourth-order valence-electron chi connectivity index (χ4n) is 2.80. The van der Waals surface area contributed by atoms with Crippen molar-refractivity contribution in [3.8, 4) is 0 Å². The van der Waals surface area contributed by atoms with Crippen molar-refractivity contribution in [1.29, 1.82) is 0 Å². The van der Waals surface area contributed by atoms with Crippen LogP contribution >= 0.6 is 0 Å². The van der Waals surface area contributed by atoms with Crippen LogP contribution in [0.3, 0.4) is 0 Å². The van der Waals surface area contributed by atoms with E-state index in [-0.39, 0.29) is 12.6 Å². The van der Waals surface area contributed by atoms with Crippen LogP contribution in [0, 0.1) is 0 Å². The largest absolute Gasteiger partial charge is 0.458 e. The summed E-state index contributed by atoms with van der Waals surface area (Å²) in [4.78, 5) is 14.6. The van der Waals surface area contributed by atoms with Crippen LogP contribution in [0.25, 0.3) is 5.57 Å². The number of para-hydroxylation sites is 1. The molecule has 0 spiro atoms. The van der Waals surface area contributed by atoms with Crippen LogP contribution < -0.4 is 4.90 Å². The average Bonchev–Trinajstić information content (AvgIpc) is 2.53. The van der Waals surface area contributed by atoms with Crippen molar-refractivity contribution >= 4 is 17.2 Å². The van der Waals surface area contributed by atoms with Gasteiger partial charge in [-0.25, -0.2) is 4.79 Å². The van der Waals surface area contributed by atoms with E-state index in [9.17, 15) is 4.79 Å². The lowest BCUT2D eigenvalue weighted by atomic mass is 9.87. The van der Waals surface area contributed by atoms with E-state index in [0.717, 1.165) is 28.9 Å². The minimum Gasteiger partial charge on any atom is -0.458 e. The van der Waals surface area contributed by atoms with Crippen molar-refractivity contribution < 1.29 is 9.53 Å². The van der Waals surface area contributed by atoms with Gasteiger partial charge in [-0.2, -0.15) is 0 Å². The summed E-state index contributed by atoms with van der Waals surface area (Å²) in [5.41, 5.74) is 4.69. The Labute approximate surface area is 124 Å². The second kappa shape index (κ2) is 5.44. The highest BCUT2D eigenvalue weighted by molar-refractivity contribution is 6.21. The van der Waals surface area contributed by atoms with Gasteiger partial charge in [0.25, 0.3) is 0 Å². The normalized spacial score (nSPS) is 16.0. The number of benzene rings is 1. The fraction of sp³-hybridized carbons (Fsp3) is 0.167. The first kappa shape index (κ1) is 13.4. The number of fused-ring (bicyclic) bond motifs is 2. The lowest BCUT2D eigenvalue weighted by Gasteiger charge is -2.34. The third-order valence-corrected chi connectivity index (χ3v) is 3.76. The molecule has 0 unspecified atom stereocenters. The van der Waals surface area contributed by atoms with Gasteiger partial charge in [-0.3, -0.25) is 0 Å². The van der Waals surface area contributed by atoms with E-state index >= 15 is 0 Å². The lowest BCUT2D eigenvalue weighted by molar-refractivity contribution is -0.135. The molecule has 1 aromatic carbocycles. The predicted octanol–water partition coefficient (Wildman–Crippen LogP) is 3.46. The minimum atomic E-state index is -0.286. The number of hydrogen-bond acceptors (Lipinski definition) is 3. The van der Waals surface area contributed by atoms with E-state index in [1.807, 2.05) is 43.5 Å². The third kappa shape index (κ3) is 2.21. The highest BCUT2D eigenvalue weighted by Gasteiger charge is 2.30. The van der Waals surface area contributed by atoms with Gasteiger partial charge in [0.1, 0.15) is 6.61 Å². The van der Waals surface area contributed by atoms with Crippen LogP contribution in [0.15, 0.2) is 66.4 Å². The summed E-state index contributed by atoms with van der Waals surface area (Å²) in [5.74, 6) is -0.286. The molecule has 0 bridgehead atoms. The maximum Gasteiger partial charge on any atom is 0.339 e. The molecule has 1 aromatic rings. The highest BCUT2D eigenvalue weighted by atomic mass is 16.5. The molecule has 0 saturated heterocycles. The Kier molecular flexibility index (Phi) is 3.48. The van der Waals surface area contributed by atoms with Crippen LogP contribution in [-0.2, 0) is 9.53 Å². The van der Waals surface area contributed by atoms with Crippen molar-refractivity contribution in [2.24, 2.45) is 0 Å². The maximum absolute atomic E-state index is 12.5. The van der Waals surface area contributed by atoms with Crippen molar-refractivity contribution in [2.75, 3.05) is 18.6 Å². The van der Waals surface area contributed by atoms with E-state index in [1.165, 1.54) is 0 Å². The second-order valence-electron chi connectivity index (χ2n) is 5.00. The number of hydrogen-bond donors (Lipinski definition) is 0. The Bertz CT molecular complexity index is 695. The summed E-state index contributed by atoms with van der Waals surface area (Å²) in [6.45, 7) is 3.82. The fourth-order valence-corrected chi connectivity index (χ4v) is 2.80. The summed E-state index contributed by atoms with van der Waals surface area (Å²) in [6, 6.07) is 7.91. The molecule has 1 aliphatic carbocycles. The Morgan fingerprint density at radius 3 is 3.05 bits per heavy atom. The zero-order chi connectivity index (χ0) is 14.8. The van der Waals surface area contributed by atoms with Gasteiger partial charge in [0, 0.05) is 24.0 Å². The molecule has 1 heterocycles. The number of ether oxygens (including phenoxy) is 1. The van der Waals surface area contributed by atoms with Crippen molar-refractivity contribution in [2.45, 2.75) is 6.42 Å². The van der Waals surface area contributed by atoms with Crippen LogP contribution in [0.1, 0.15) is 12.0 Å². The predicted molar refractivity (Wildman–Crippen MR) is 84.8 cm³/mol. The third-order valence-electron chi connectivity index (χ3n) is 3.76. The summed E-state index contributed by atoms with van der Waals surface area (Å²) in [6.07, 6.45) is 8.44. The topological polar surface area (TPSA) is 29.5 Å². The van der Waals surface area contributed by atoms with Gasteiger partial charge in [0.05, 0.1) is 5.57 Å². The first-order chi connectivity index (χ1) is 10.2. The van der Waals surface area contributed by atoms with Gasteiger partial charge in [0.2, 0.25) is 0 Å². The Morgan fingerprint density at radius 2 is 2.24 bits per heavy atom. The molecule has 0 fully saturated rings. The molecule has 3 rings (SSSR count). The van der Waals surface area contributed by atoms with E-state index in [2.05, 4.69) is 17.6 Å². The number of carbonyl (C=O) groups is 1. The monoisotopic (exact) mass is 279 g/mol. The lowest BCUT2D eigenvalue weighted by Crippen LogP contribution is -2.27. The van der Waals surface area contributed by atoms with Gasteiger partial charge in [-0.1, -0.05) is 43.0 Å². The van der Waals surface area contributed by atoms with Gasteiger partial charge < -0.3 is 9.64 Å². The highest BCUT2D eigenvalue weighted by Crippen LogP contribution is 2.42. The number of anilines is 1. The SMILES string of the molecule is C=CCOC(=O)C1=C2CC=CC=C2N(C)c2ccccc21. The molecule has 21 heavy (non-hydrogen) atoms. The van der Waals surface area contributed by atoms with Crippen molar-refractivity contribution in [3.05, 3.63) is 72.0 Å². The number of rotatable bonds is 3. The number of esters is 1. The summed E-state index contributed by atoms with van der Waals surface area (Å²) in [5, 5.41) is 0. The van der Waals surface area contributed by atoms with Crippen molar-refractivity contribution in [3.63, 3.8) is 0 Å².